The maximum Gasteiger partial charge on any atom is 0.254 e. The number of carbonyl (C=O) groups excluding carboxylic acids is 2. The first-order valence-corrected chi connectivity index (χ1v) is 12.3. The summed E-state index contributed by atoms with van der Waals surface area (Å²) in [7, 11) is 1.56. The van der Waals surface area contributed by atoms with Crippen LogP contribution < -0.4 is 9.47 Å². The smallest absolute Gasteiger partial charge is 0.254 e. The summed E-state index contributed by atoms with van der Waals surface area (Å²) in [5, 5.41) is 5.32. The molecule has 6 nitrogen and oxygen atoms in total. The van der Waals surface area contributed by atoms with E-state index in [2.05, 4.69) is 49.1 Å². The molecule has 1 saturated carbocycles. The van der Waals surface area contributed by atoms with E-state index in [1.165, 1.54) is 11.8 Å². The number of ether oxygens (including phenoxy) is 2. The van der Waals surface area contributed by atoms with Gasteiger partial charge in [-0.2, -0.15) is 10.1 Å². The first kappa shape index (κ1) is 22.3. The van der Waals surface area contributed by atoms with E-state index < -0.39 is 0 Å². The van der Waals surface area contributed by atoms with Gasteiger partial charge in [0.25, 0.3) is 11.8 Å². The van der Waals surface area contributed by atoms with E-state index in [-0.39, 0.29) is 35.5 Å². The van der Waals surface area contributed by atoms with Gasteiger partial charge in [-0.1, -0.05) is 42.0 Å². The molecule has 0 spiro atoms. The Morgan fingerprint density at radius 2 is 1.70 bits per heavy atom. The molecule has 5 rings (SSSR count). The van der Waals surface area contributed by atoms with Crippen LogP contribution in [0.2, 0.25) is 0 Å². The molecular weight excluding hydrogens is 552 g/mol. The molecule has 0 N–H and O–H groups in total. The quantitative estimate of drug-likeness (QED) is 0.269. The van der Waals surface area contributed by atoms with E-state index in [0.717, 1.165) is 17.0 Å². The number of amides is 2. The molecule has 2 aromatic rings. The minimum Gasteiger partial charge on any atom is -0.493 e. The average molecular weight is 574 g/mol. The molecule has 2 bridgehead atoms. The van der Waals surface area contributed by atoms with Gasteiger partial charge in [0, 0.05) is 10.0 Å². The Morgan fingerprint density at radius 1 is 1.06 bits per heavy atom. The number of carbonyl (C=O) groups is 2. The molecule has 2 aromatic carbocycles. The van der Waals surface area contributed by atoms with Crippen LogP contribution in [0.5, 0.6) is 11.5 Å². The average Bonchev–Trinajstić information content (AvgIpc) is 3.49. The predicted octanol–water partition coefficient (Wildman–Crippen LogP) is 5.25. The fraction of sp³-hybridized carbons (Fsp3) is 0.320. The van der Waals surface area contributed by atoms with Crippen molar-refractivity contribution in [1.82, 2.24) is 5.01 Å². The predicted molar refractivity (Wildman–Crippen MR) is 131 cm³/mol. The van der Waals surface area contributed by atoms with Crippen molar-refractivity contribution in [3.05, 3.63) is 68.1 Å². The van der Waals surface area contributed by atoms with Crippen molar-refractivity contribution < 1.29 is 19.1 Å². The van der Waals surface area contributed by atoms with Crippen LogP contribution in [0.1, 0.15) is 23.1 Å². The number of imide groups is 1. The topological polar surface area (TPSA) is 68.2 Å². The monoisotopic (exact) mass is 572 g/mol. The van der Waals surface area contributed by atoms with Gasteiger partial charge < -0.3 is 9.47 Å². The number of hydrogen-bond acceptors (Lipinski definition) is 5. The third-order valence-electron chi connectivity index (χ3n) is 6.64. The van der Waals surface area contributed by atoms with E-state index in [4.69, 9.17) is 9.47 Å². The molecule has 2 fully saturated rings. The van der Waals surface area contributed by atoms with E-state index >= 15 is 0 Å². The second-order valence-electron chi connectivity index (χ2n) is 8.63. The van der Waals surface area contributed by atoms with Gasteiger partial charge in [-0.05, 0) is 68.7 Å². The number of hydrogen-bond donors (Lipinski definition) is 0. The second-order valence-corrected chi connectivity index (χ2v) is 10.2. The molecule has 8 heteroatoms. The number of halogens is 2. The van der Waals surface area contributed by atoms with Gasteiger partial charge in [0.1, 0.15) is 6.61 Å². The molecule has 1 aliphatic heterocycles. The van der Waals surface area contributed by atoms with Crippen LogP contribution in [0.25, 0.3) is 0 Å². The number of allylic oxidation sites excluding steroid dienone is 2. The summed E-state index contributed by atoms with van der Waals surface area (Å²) in [6.45, 7) is 2.42. The van der Waals surface area contributed by atoms with Gasteiger partial charge in [-0.25, -0.2) is 0 Å². The Labute approximate surface area is 208 Å². The third-order valence-corrected chi connectivity index (χ3v) is 8.78. The Kier molecular flexibility index (Phi) is 5.91. The lowest BCUT2D eigenvalue weighted by atomic mass is 9.85. The van der Waals surface area contributed by atoms with Crippen LogP contribution in [-0.4, -0.2) is 30.1 Å². The Bertz CT molecular complexity index is 1160. The zero-order valence-corrected chi connectivity index (χ0v) is 21.3. The maximum atomic E-state index is 12.9. The van der Waals surface area contributed by atoms with Crippen LogP contribution in [0.15, 0.2) is 56.5 Å². The SMILES string of the molecule is COc1cc(C=NN2C(=O)[C@@H]3[C@H](C2=O)[C@H]2C=C[C@H]3C2)c(Br)c(Br)c1OCc1ccc(C)cc1. The van der Waals surface area contributed by atoms with E-state index in [0.29, 0.717) is 32.6 Å². The maximum absolute atomic E-state index is 12.9. The van der Waals surface area contributed by atoms with Crippen molar-refractivity contribution in [2.75, 3.05) is 7.11 Å². The zero-order valence-electron chi connectivity index (χ0n) is 18.1. The molecule has 0 unspecified atom stereocenters. The molecule has 1 heterocycles. The van der Waals surface area contributed by atoms with Crippen LogP contribution in [0, 0.1) is 30.6 Å². The van der Waals surface area contributed by atoms with Crippen LogP contribution in [0.4, 0.5) is 0 Å². The first-order chi connectivity index (χ1) is 15.9. The second kappa shape index (κ2) is 8.72. The summed E-state index contributed by atoms with van der Waals surface area (Å²) in [5.74, 6) is 0.407. The van der Waals surface area contributed by atoms with Crippen molar-refractivity contribution in [1.29, 1.82) is 0 Å². The Hall–Kier alpha value is -2.45. The highest BCUT2D eigenvalue weighted by Crippen LogP contribution is 2.52. The van der Waals surface area contributed by atoms with Crippen molar-refractivity contribution >= 4 is 49.9 Å². The van der Waals surface area contributed by atoms with Crippen molar-refractivity contribution in [3.63, 3.8) is 0 Å². The lowest BCUT2D eigenvalue weighted by Crippen LogP contribution is -2.28. The van der Waals surface area contributed by atoms with Gasteiger partial charge in [0.2, 0.25) is 0 Å². The lowest BCUT2D eigenvalue weighted by Gasteiger charge is -2.16. The molecular formula is C25H22Br2N2O4. The standard InChI is InChI=1S/C25H22Br2N2O4/c1-13-3-5-14(6-4-13)12-33-23-18(32-2)10-17(21(26)22(23)27)11-28-29-24(30)19-15-7-8-16(9-15)20(19)25(29)31/h3-8,10-11,15-16,19-20H,9,12H2,1-2H3/t15-,16-,19-,20+/m0/s1. The van der Waals surface area contributed by atoms with Crippen molar-refractivity contribution in [2.24, 2.45) is 28.8 Å². The number of hydrazone groups is 1. The molecule has 2 aliphatic carbocycles. The number of nitrogens with zero attached hydrogens (tertiary/aromatic N) is 2. The molecule has 170 valence electrons. The minimum atomic E-state index is -0.271. The minimum absolute atomic E-state index is 0.155. The summed E-state index contributed by atoms with van der Waals surface area (Å²) in [6, 6.07) is 9.88. The van der Waals surface area contributed by atoms with Gasteiger partial charge in [-0.15, -0.1) is 0 Å². The fourth-order valence-corrected chi connectivity index (χ4v) is 5.88. The zero-order chi connectivity index (χ0) is 23.3. The van der Waals surface area contributed by atoms with Gasteiger partial charge in [0.05, 0.1) is 29.6 Å². The summed E-state index contributed by atoms with van der Waals surface area (Å²) in [4.78, 5) is 25.7. The van der Waals surface area contributed by atoms with Crippen LogP contribution in [0.3, 0.4) is 0 Å². The fourth-order valence-electron chi connectivity index (χ4n) is 4.94. The lowest BCUT2D eigenvalue weighted by molar-refractivity contribution is -0.140. The normalized spacial score (nSPS) is 25.4. The van der Waals surface area contributed by atoms with E-state index in [9.17, 15) is 9.59 Å². The van der Waals surface area contributed by atoms with Gasteiger partial charge in [0.15, 0.2) is 11.5 Å². The van der Waals surface area contributed by atoms with E-state index in [1.807, 2.05) is 31.2 Å². The van der Waals surface area contributed by atoms with Crippen molar-refractivity contribution in [3.8, 4) is 11.5 Å². The highest BCUT2D eigenvalue weighted by atomic mass is 79.9. The summed E-state index contributed by atoms with van der Waals surface area (Å²) < 4.78 is 12.9. The Balaban J connectivity index is 1.37. The molecule has 1 saturated heterocycles. The summed E-state index contributed by atoms with van der Waals surface area (Å²) in [6.07, 6.45) is 6.54. The van der Waals surface area contributed by atoms with Gasteiger partial charge >= 0.3 is 0 Å². The van der Waals surface area contributed by atoms with Crippen LogP contribution in [-0.2, 0) is 16.2 Å². The number of benzene rings is 2. The molecule has 3 aliphatic rings. The Morgan fingerprint density at radius 3 is 2.30 bits per heavy atom. The molecule has 33 heavy (non-hydrogen) atoms. The molecule has 0 aromatic heterocycles. The third kappa shape index (κ3) is 3.83. The summed E-state index contributed by atoms with van der Waals surface area (Å²) in [5.41, 5.74) is 2.88. The van der Waals surface area contributed by atoms with Gasteiger partial charge in [-0.3, -0.25) is 9.59 Å². The van der Waals surface area contributed by atoms with E-state index in [1.54, 1.807) is 13.2 Å². The number of aryl methyl sites for hydroxylation is 1. The highest BCUT2D eigenvalue weighted by Gasteiger charge is 2.59. The number of fused-ring (bicyclic) bond motifs is 5. The highest BCUT2D eigenvalue weighted by molar-refractivity contribution is 9.13. The molecule has 2 amide bonds. The van der Waals surface area contributed by atoms with Crippen LogP contribution >= 0.6 is 31.9 Å². The summed E-state index contributed by atoms with van der Waals surface area (Å²) >= 11 is 7.15. The number of rotatable bonds is 6. The molecule has 4 atom stereocenters. The largest absolute Gasteiger partial charge is 0.493 e. The first-order valence-electron chi connectivity index (χ1n) is 10.7. The van der Waals surface area contributed by atoms with Crippen molar-refractivity contribution in [2.45, 2.75) is 20.0 Å². The molecule has 0 radical (unpaired) electrons. The number of methoxy groups -OCH3 is 1.